The second kappa shape index (κ2) is 4.45. The Kier molecular flexibility index (Phi) is 2.64. The number of benzene rings is 1. The van der Waals surface area contributed by atoms with Crippen LogP contribution in [0, 0.1) is 0 Å². The summed E-state index contributed by atoms with van der Waals surface area (Å²) < 4.78 is 6.31. The Bertz CT molecular complexity index is 770. The molecule has 7 heteroatoms. The minimum Gasteiger partial charge on any atom is -0.408 e. The Morgan fingerprint density at radius 2 is 2.26 bits per heavy atom. The second-order valence-electron chi connectivity index (χ2n) is 3.91. The van der Waals surface area contributed by atoms with E-state index >= 15 is 0 Å². The highest BCUT2D eigenvalue weighted by molar-refractivity contribution is 5.89. The van der Waals surface area contributed by atoms with Crippen LogP contribution in [0.25, 0.3) is 11.1 Å². The number of amides is 1. The van der Waals surface area contributed by atoms with Crippen LogP contribution in [0.3, 0.4) is 0 Å². The number of hydrogen-bond acceptors (Lipinski definition) is 4. The summed E-state index contributed by atoms with van der Waals surface area (Å²) in [5.74, 6) is -0.578. The van der Waals surface area contributed by atoms with Crippen molar-refractivity contribution >= 4 is 23.0 Å². The lowest BCUT2D eigenvalue weighted by Gasteiger charge is -2.02. The molecule has 0 radical (unpaired) electrons. The van der Waals surface area contributed by atoms with E-state index in [1.807, 2.05) is 0 Å². The maximum Gasteiger partial charge on any atom is 0.420 e. The molecule has 0 fully saturated rings. The van der Waals surface area contributed by atoms with Gasteiger partial charge in [0.2, 0.25) is 11.9 Å². The third-order valence-corrected chi connectivity index (χ3v) is 2.63. The number of aromatic amines is 1. The fraction of sp³-hybridized carbons (Fsp3) is 0.0833. The molecule has 3 aromatic rings. The Morgan fingerprint density at radius 1 is 1.42 bits per heavy atom. The van der Waals surface area contributed by atoms with E-state index in [9.17, 15) is 9.59 Å². The first-order valence-corrected chi connectivity index (χ1v) is 5.61. The molecule has 1 amide bonds. The van der Waals surface area contributed by atoms with Crippen molar-refractivity contribution in [3.63, 3.8) is 0 Å². The molecule has 0 unspecified atom stereocenters. The molecule has 0 aliphatic rings. The smallest absolute Gasteiger partial charge is 0.408 e. The summed E-state index contributed by atoms with van der Waals surface area (Å²) >= 11 is 0. The van der Waals surface area contributed by atoms with E-state index in [0.717, 1.165) is 0 Å². The Labute approximate surface area is 106 Å². The second-order valence-corrected chi connectivity index (χ2v) is 3.91. The van der Waals surface area contributed by atoms with Crippen LogP contribution in [0.15, 0.2) is 45.9 Å². The van der Waals surface area contributed by atoms with Crippen LogP contribution >= 0.6 is 0 Å². The number of carbonyl (C=O) groups is 1. The number of rotatable bonds is 3. The Balaban J connectivity index is 1.87. The van der Waals surface area contributed by atoms with Crippen molar-refractivity contribution in [3.05, 3.63) is 47.2 Å². The lowest BCUT2D eigenvalue weighted by atomic mass is 10.3. The Hall–Kier alpha value is -2.83. The molecule has 0 saturated heterocycles. The molecule has 0 aliphatic carbocycles. The fourth-order valence-corrected chi connectivity index (χ4v) is 1.81. The van der Waals surface area contributed by atoms with Crippen molar-refractivity contribution in [3.8, 4) is 0 Å². The predicted molar refractivity (Wildman–Crippen MR) is 67.7 cm³/mol. The van der Waals surface area contributed by atoms with E-state index in [1.54, 1.807) is 30.5 Å². The maximum atomic E-state index is 11.8. The summed E-state index contributed by atoms with van der Waals surface area (Å²) in [6.07, 6.45) is 3.12. The molecule has 0 bridgehead atoms. The average molecular weight is 258 g/mol. The van der Waals surface area contributed by atoms with Gasteiger partial charge in [-0.1, -0.05) is 12.1 Å². The fourth-order valence-electron chi connectivity index (χ4n) is 1.81. The number of anilines is 1. The zero-order valence-corrected chi connectivity index (χ0v) is 9.79. The van der Waals surface area contributed by atoms with Crippen LogP contribution in [0.2, 0.25) is 0 Å². The highest BCUT2D eigenvalue weighted by atomic mass is 16.4. The van der Waals surface area contributed by atoms with Gasteiger partial charge in [0.05, 0.1) is 5.52 Å². The zero-order chi connectivity index (χ0) is 13.2. The first-order valence-electron chi connectivity index (χ1n) is 5.61. The number of H-pyrrole nitrogens is 1. The first-order chi connectivity index (χ1) is 9.24. The lowest BCUT2D eigenvalue weighted by Crippen LogP contribution is -2.25. The van der Waals surface area contributed by atoms with Gasteiger partial charge in [-0.15, -0.1) is 0 Å². The number of nitrogens with zero attached hydrogens (tertiary/aromatic N) is 2. The van der Waals surface area contributed by atoms with Crippen LogP contribution in [0.1, 0.15) is 0 Å². The van der Waals surface area contributed by atoms with Gasteiger partial charge in [0, 0.05) is 12.4 Å². The van der Waals surface area contributed by atoms with Crippen molar-refractivity contribution < 1.29 is 9.21 Å². The minimum absolute atomic E-state index is 0.128. The number of hydrogen-bond donors (Lipinski definition) is 2. The average Bonchev–Trinajstić information content (AvgIpc) is 2.99. The zero-order valence-electron chi connectivity index (χ0n) is 9.79. The third kappa shape index (κ3) is 2.13. The van der Waals surface area contributed by atoms with Crippen LogP contribution in [-0.4, -0.2) is 20.4 Å². The van der Waals surface area contributed by atoms with E-state index in [1.165, 1.54) is 10.8 Å². The summed E-state index contributed by atoms with van der Waals surface area (Å²) in [6, 6.07) is 6.94. The lowest BCUT2D eigenvalue weighted by molar-refractivity contribution is -0.116. The number of aromatic nitrogens is 3. The van der Waals surface area contributed by atoms with Gasteiger partial charge in [0.25, 0.3) is 0 Å². The van der Waals surface area contributed by atoms with E-state index in [4.69, 9.17) is 4.42 Å². The highest BCUT2D eigenvalue weighted by Gasteiger charge is 2.12. The topological polar surface area (TPSA) is 92.9 Å². The Morgan fingerprint density at radius 3 is 3.05 bits per heavy atom. The van der Waals surface area contributed by atoms with E-state index in [0.29, 0.717) is 17.0 Å². The van der Waals surface area contributed by atoms with Crippen LogP contribution in [-0.2, 0) is 11.3 Å². The summed E-state index contributed by atoms with van der Waals surface area (Å²) in [6.45, 7) is -0.128. The van der Waals surface area contributed by atoms with E-state index < -0.39 is 5.76 Å². The largest absolute Gasteiger partial charge is 0.420 e. The van der Waals surface area contributed by atoms with Crippen LogP contribution in [0.5, 0.6) is 0 Å². The molecule has 1 aromatic carbocycles. The summed E-state index contributed by atoms with van der Waals surface area (Å²) in [5.41, 5.74) is 1.04. The van der Waals surface area contributed by atoms with Crippen molar-refractivity contribution in [1.29, 1.82) is 0 Å². The number of imidazole rings is 1. The molecule has 0 aliphatic heterocycles. The molecule has 2 heterocycles. The molecular formula is C12H10N4O3. The van der Waals surface area contributed by atoms with Gasteiger partial charge in [0.1, 0.15) is 6.54 Å². The predicted octanol–water partition coefficient (Wildman–Crippen LogP) is 0.956. The normalized spacial score (nSPS) is 10.7. The molecule has 0 spiro atoms. The molecule has 0 saturated carbocycles. The van der Waals surface area contributed by atoms with Gasteiger partial charge in [-0.2, -0.15) is 0 Å². The van der Waals surface area contributed by atoms with Gasteiger partial charge in [0.15, 0.2) is 5.58 Å². The molecule has 96 valence electrons. The van der Waals surface area contributed by atoms with Gasteiger partial charge >= 0.3 is 5.76 Å². The van der Waals surface area contributed by atoms with Crippen molar-refractivity contribution in [2.75, 3.05) is 5.32 Å². The summed E-state index contributed by atoms with van der Waals surface area (Å²) in [7, 11) is 0. The van der Waals surface area contributed by atoms with Crippen molar-refractivity contribution in [2.45, 2.75) is 6.54 Å². The molecule has 3 rings (SSSR count). The van der Waals surface area contributed by atoms with Crippen LogP contribution in [0.4, 0.5) is 5.95 Å². The SMILES string of the molecule is O=C(Cn1c(=O)oc2ccccc21)Nc1ncc[nH]1. The van der Waals surface area contributed by atoms with Crippen molar-refractivity contribution in [1.82, 2.24) is 14.5 Å². The van der Waals surface area contributed by atoms with E-state index in [2.05, 4.69) is 15.3 Å². The quantitative estimate of drug-likeness (QED) is 0.731. The van der Waals surface area contributed by atoms with Gasteiger partial charge in [-0.25, -0.2) is 9.78 Å². The van der Waals surface area contributed by atoms with Gasteiger partial charge in [-0.05, 0) is 12.1 Å². The number of fused-ring (bicyclic) bond motifs is 1. The van der Waals surface area contributed by atoms with Crippen LogP contribution < -0.4 is 11.1 Å². The molecule has 7 nitrogen and oxygen atoms in total. The number of nitrogens with one attached hydrogen (secondary N) is 2. The first kappa shape index (κ1) is 11.3. The number of para-hydroxylation sites is 2. The standard InChI is InChI=1S/C12H10N4O3/c17-10(15-11-13-5-6-14-11)7-16-8-3-1-2-4-9(8)19-12(16)18/h1-6H,7H2,(H2,13,14,15,17). The van der Waals surface area contributed by atoms with Gasteiger partial charge < -0.3 is 9.40 Å². The van der Waals surface area contributed by atoms with Crippen molar-refractivity contribution in [2.24, 2.45) is 0 Å². The summed E-state index contributed by atoms with van der Waals surface area (Å²) in [4.78, 5) is 30.1. The molecule has 0 atom stereocenters. The number of carbonyl (C=O) groups excluding carboxylic acids is 1. The molecule has 2 N–H and O–H groups in total. The third-order valence-electron chi connectivity index (χ3n) is 2.63. The number of oxazole rings is 1. The molecular weight excluding hydrogens is 248 g/mol. The molecule has 2 aromatic heterocycles. The minimum atomic E-state index is -0.559. The van der Waals surface area contributed by atoms with Gasteiger partial charge in [-0.3, -0.25) is 14.7 Å². The highest BCUT2D eigenvalue weighted by Crippen LogP contribution is 2.11. The molecule has 19 heavy (non-hydrogen) atoms. The maximum absolute atomic E-state index is 11.8. The van der Waals surface area contributed by atoms with E-state index in [-0.39, 0.29) is 12.5 Å². The monoisotopic (exact) mass is 258 g/mol. The summed E-state index contributed by atoms with van der Waals surface area (Å²) in [5, 5.41) is 2.55.